The first-order valence-electron chi connectivity index (χ1n) is 26.2. The molecule has 0 aromatic heterocycles. The van der Waals surface area contributed by atoms with Crippen molar-refractivity contribution >= 4 is 35.1 Å². The number of piperazine rings is 1. The minimum absolute atomic E-state index is 0.0227. The van der Waals surface area contributed by atoms with Crippen LogP contribution in [0, 0.1) is 24.7 Å². The number of carbonyl (C=O) groups is 5. The summed E-state index contributed by atoms with van der Waals surface area (Å²) >= 11 is 0. The number of hydrogen-bond donors (Lipinski definition) is 5. The minimum Gasteiger partial charge on any atom is -0.507 e. The summed E-state index contributed by atoms with van der Waals surface area (Å²) in [5.74, 6) is -6.05. The Morgan fingerprint density at radius 2 is 1.60 bits per heavy atom. The number of phenolic OH excluding ortho intramolecular Hbond substituents is 1. The van der Waals surface area contributed by atoms with Crippen LogP contribution in [0.1, 0.15) is 112 Å². The molecule has 0 saturated carbocycles. The van der Waals surface area contributed by atoms with Crippen LogP contribution in [0.25, 0.3) is 0 Å². The van der Waals surface area contributed by atoms with E-state index >= 15 is 0 Å². The summed E-state index contributed by atoms with van der Waals surface area (Å²) in [5.41, 5.74) is -0.194. The second kappa shape index (κ2) is 22.6. The topological polar surface area (TPSA) is 232 Å². The van der Waals surface area contributed by atoms with Gasteiger partial charge in [0.25, 0.3) is 11.7 Å². The number of aromatic hydroxyl groups is 1. The fraction of sp³-hybridized carbons (Fsp3) is 0.630. The summed E-state index contributed by atoms with van der Waals surface area (Å²) in [7, 11) is 0. The molecule has 1 aromatic carbocycles. The molecule has 9 rings (SSSR count). The van der Waals surface area contributed by atoms with Crippen LogP contribution in [0.4, 0.5) is 0 Å². The van der Waals surface area contributed by atoms with Gasteiger partial charge >= 0.3 is 11.8 Å². The molecule has 19 heteroatoms. The second-order valence-corrected chi connectivity index (χ2v) is 21.4. The van der Waals surface area contributed by atoms with Gasteiger partial charge in [-0.05, 0) is 38.7 Å². The number of carbonyl (C=O) groups excluding carboxylic acids is 5. The molecule has 1 spiro atoms. The molecule has 19 nitrogen and oxygen atoms in total. The summed E-state index contributed by atoms with van der Waals surface area (Å²) in [5, 5.41) is 41.1. The maximum atomic E-state index is 14.8. The van der Waals surface area contributed by atoms with Gasteiger partial charge in [0.05, 0.1) is 54.2 Å². The van der Waals surface area contributed by atoms with Gasteiger partial charge in [0.1, 0.15) is 35.4 Å². The zero-order valence-corrected chi connectivity index (χ0v) is 43.5. The first kappa shape index (κ1) is 53.8. The molecule has 6 atom stereocenters. The number of allylic oxidation sites excluding steroid dienone is 5. The van der Waals surface area contributed by atoms with Crippen LogP contribution in [0.3, 0.4) is 0 Å². The quantitative estimate of drug-likeness (QED) is 0.186. The van der Waals surface area contributed by atoms with Gasteiger partial charge in [-0.25, -0.2) is 0 Å². The lowest BCUT2D eigenvalue weighted by atomic mass is 9.82. The number of amides is 2. The van der Waals surface area contributed by atoms with Crippen LogP contribution < -0.4 is 15.4 Å². The van der Waals surface area contributed by atoms with Crippen molar-refractivity contribution in [2.45, 2.75) is 117 Å². The SMILES string of the molecule is C/C1=C/C=C/C(C)[C@H](O)[C@@H](C)C(O)C[C@H](OC(=O)CC(=O)N2CCN(CCN3CCOCC3)CC2)CC/C=C/O[C@@]2(C)Oc3c(C)c(O)c4c(c3C2=O)C2=NC3(CCN(CC(C)C)CC3)NC2=C(NC1=O)C4=O. The van der Waals surface area contributed by atoms with Crippen molar-refractivity contribution in [3.63, 3.8) is 0 Å². The van der Waals surface area contributed by atoms with E-state index in [2.05, 4.69) is 39.2 Å². The Kier molecular flexibility index (Phi) is 16.7. The van der Waals surface area contributed by atoms with Crippen molar-refractivity contribution in [2.24, 2.45) is 22.7 Å². The van der Waals surface area contributed by atoms with Gasteiger partial charge in [-0.3, -0.25) is 38.8 Å². The normalized spacial score (nSPS) is 30.2. The molecular weight excluding hydrogens is 939 g/mol. The van der Waals surface area contributed by atoms with E-state index in [-0.39, 0.29) is 75.9 Å². The lowest BCUT2D eigenvalue weighted by Gasteiger charge is -2.38. The number of aliphatic hydroxyl groups excluding tert-OH is 2. The molecule has 7 heterocycles. The number of fused-ring (bicyclic) bond motifs is 13. The van der Waals surface area contributed by atoms with Crippen molar-refractivity contribution in [2.75, 3.05) is 85.2 Å². The van der Waals surface area contributed by atoms with E-state index in [1.54, 1.807) is 50.0 Å². The Bertz CT molecular complexity index is 2460. The molecule has 5 bridgehead atoms. The third kappa shape index (κ3) is 11.8. The number of aliphatic hydroxyl groups is 2. The van der Waals surface area contributed by atoms with Crippen LogP contribution >= 0.6 is 0 Å². The summed E-state index contributed by atoms with van der Waals surface area (Å²) < 4.78 is 23.7. The van der Waals surface area contributed by atoms with Crippen molar-refractivity contribution in [3.8, 4) is 11.5 Å². The molecule has 3 saturated heterocycles. The zero-order chi connectivity index (χ0) is 52.4. The molecule has 3 fully saturated rings. The van der Waals surface area contributed by atoms with Gasteiger partial charge in [-0.15, -0.1) is 0 Å². The van der Waals surface area contributed by atoms with E-state index in [0.29, 0.717) is 58.0 Å². The minimum atomic E-state index is -1.94. The summed E-state index contributed by atoms with van der Waals surface area (Å²) in [4.78, 5) is 84.3. The number of aliphatic imine (C=N–C) groups is 1. The van der Waals surface area contributed by atoms with Crippen molar-refractivity contribution < 1.29 is 58.2 Å². The summed E-state index contributed by atoms with van der Waals surface area (Å²) in [6.45, 7) is 22.2. The van der Waals surface area contributed by atoms with Gasteiger partial charge < -0.3 is 54.7 Å². The molecule has 73 heavy (non-hydrogen) atoms. The monoisotopic (exact) mass is 1010 g/mol. The maximum Gasteiger partial charge on any atom is 0.315 e. The Hall–Kier alpha value is -5.44. The Balaban J connectivity index is 1.03. The largest absolute Gasteiger partial charge is 0.507 e. The average molecular weight is 1010 g/mol. The molecule has 7 aliphatic heterocycles. The van der Waals surface area contributed by atoms with Crippen LogP contribution in [0.2, 0.25) is 0 Å². The number of morpholine rings is 1. The number of benzene rings is 1. The third-order valence-corrected chi connectivity index (χ3v) is 15.5. The smallest absolute Gasteiger partial charge is 0.315 e. The van der Waals surface area contributed by atoms with Gasteiger partial charge in [-0.1, -0.05) is 45.9 Å². The molecule has 398 valence electrons. The molecule has 8 aliphatic rings. The van der Waals surface area contributed by atoms with Crippen molar-refractivity contribution in [1.82, 2.24) is 30.2 Å². The van der Waals surface area contributed by atoms with Crippen LogP contribution in [-0.4, -0.2) is 185 Å². The van der Waals surface area contributed by atoms with Gasteiger partial charge in [-0.2, -0.15) is 0 Å². The van der Waals surface area contributed by atoms with Gasteiger partial charge in [0.15, 0.2) is 0 Å². The highest BCUT2D eigenvalue weighted by Gasteiger charge is 2.54. The second-order valence-electron chi connectivity index (χ2n) is 21.4. The first-order valence-corrected chi connectivity index (χ1v) is 26.2. The summed E-state index contributed by atoms with van der Waals surface area (Å²) in [6, 6.07) is 0. The molecule has 2 amide bonds. The van der Waals surface area contributed by atoms with Crippen LogP contribution in [-0.2, 0) is 28.6 Å². The first-order chi connectivity index (χ1) is 34.8. The fourth-order valence-corrected chi connectivity index (χ4v) is 10.9. The Morgan fingerprint density at radius 1 is 0.918 bits per heavy atom. The number of likely N-dealkylation sites (tertiary alicyclic amines) is 1. The standard InChI is InChI=1S/C54H75N7O12/c1-32(2)31-60-16-14-54(15-17-60)56-44-41-42-48(66)36(6)50-43(41)51(68)53(7,73-50)71-26-9-8-13-37(72-40(64)30-39(63)61-22-20-58(21-23-61)18-19-59-24-27-70-28-25-59)29-38(62)35(5)47(65)33(3)11-10-12-34(4)52(69)55-46(49(42)67)45(44)57-54/h9-12,26,32-33,35,37-38,47,57,62,65-66H,8,13-25,27-31H2,1-7H3,(H,55,69)/b11-10+,26-9+,34-12-/t33?,35-,37+,38?,47-,53-/m0/s1. The lowest BCUT2D eigenvalue weighted by Crippen LogP contribution is -2.51. The van der Waals surface area contributed by atoms with E-state index in [1.807, 2.05) is 0 Å². The summed E-state index contributed by atoms with van der Waals surface area (Å²) in [6.07, 6.45) is 5.84. The number of esters is 1. The van der Waals surface area contributed by atoms with Crippen LogP contribution in [0.5, 0.6) is 11.5 Å². The number of rotatable bonds is 8. The van der Waals surface area contributed by atoms with E-state index < -0.39 is 77.2 Å². The number of hydrogen-bond acceptors (Lipinski definition) is 17. The zero-order valence-electron chi connectivity index (χ0n) is 43.5. The number of ether oxygens (including phenoxy) is 4. The lowest BCUT2D eigenvalue weighted by molar-refractivity contribution is -0.155. The van der Waals surface area contributed by atoms with E-state index in [1.165, 1.54) is 20.1 Å². The number of nitrogens with zero attached hydrogens (tertiary/aromatic N) is 5. The Labute approximate surface area is 428 Å². The van der Waals surface area contributed by atoms with E-state index in [4.69, 9.17) is 23.9 Å². The fourth-order valence-electron chi connectivity index (χ4n) is 10.9. The number of phenols is 1. The highest BCUT2D eigenvalue weighted by atomic mass is 16.7. The Morgan fingerprint density at radius 3 is 2.29 bits per heavy atom. The van der Waals surface area contributed by atoms with Crippen LogP contribution in [0.15, 0.2) is 52.5 Å². The maximum absolute atomic E-state index is 14.8. The van der Waals surface area contributed by atoms with Gasteiger partial charge in [0.2, 0.25) is 11.7 Å². The molecule has 0 radical (unpaired) electrons. The molecular formula is C54H75N7O12. The molecule has 1 aliphatic carbocycles. The highest BCUT2D eigenvalue weighted by molar-refractivity contribution is 6.34. The van der Waals surface area contributed by atoms with E-state index in [0.717, 1.165) is 45.9 Å². The highest BCUT2D eigenvalue weighted by Crippen LogP contribution is 2.50. The predicted octanol–water partition coefficient (Wildman–Crippen LogP) is 3.35. The number of Topliss-reactive ketones (excluding diaryl/α,β-unsaturated/α-hetero) is 2. The molecule has 2 unspecified atom stereocenters. The average Bonchev–Trinajstić information content (AvgIpc) is 3.86. The van der Waals surface area contributed by atoms with Gasteiger partial charge in [0, 0.05) is 127 Å². The number of ketones is 2. The predicted molar refractivity (Wildman–Crippen MR) is 271 cm³/mol. The van der Waals surface area contributed by atoms with Crippen molar-refractivity contribution in [3.05, 3.63) is 69.8 Å². The molecule has 5 N–H and O–H groups in total. The molecule has 1 aromatic rings. The van der Waals surface area contributed by atoms with Crippen molar-refractivity contribution in [1.29, 1.82) is 0 Å². The van der Waals surface area contributed by atoms with E-state index in [9.17, 15) is 39.3 Å². The third-order valence-electron chi connectivity index (χ3n) is 15.5. The number of nitrogens with one attached hydrogen (secondary N) is 2. The number of piperidine rings is 1.